The molecule has 0 bridgehead atoms. The van der Waals surface area contributed by atoms with Crippen molar-refractivity contribution in [1.82, 2.24) is 5.32 Å². The first-order valence-corrected chi connectivity index (χ1v) is 8.88. The SMILES string of the molecule is CC(=O)Nc1ccc(CC(=O)Nc2ccc(C(=O)NCC(C)C)cc2)cc1. The molecule has 2 aromatic carbocycles. The molecule has 6 heteroatoms. The van der Waals surface area contributed by atoms with Gasteiger partial charge in [-0.2, -0.15) is 0 Å². The summed E-state index contributed by atoms with van der Waals surface area (Å²) in [6, 6.07) is 13.9. The van der Waals surface area contributed by atoms with Crippen molar-refractivity contribution in [3.05, 3.63) is 59.7 Å². The zero-order chi connectivity index (χ0) is 19.8. The van der Waals surface area contributed by atoms with Gasteiger partial charge in [0, 0.05) is 30.4 Å². The largest absolute Gasteiger partial charge is 0.352 e. The quantitative estimate of drug-likeness (QED) is 0.702. The number of carbonyl (C=O) groups excluding carboxylic acids is 3. The molecule has 2 aromatic rings. The monoisotopic (exact) mass is 367 g/mol. The van der Waals surface area contributed by atoms with Crippen LogP contribution in [0.3, 0.4) is 0 Å². The Labute approximate surface area is 159 Å². The van der Waals surface area contributed by atoms with Crippen molar-refractivity contribution in [1.29, 1.82) is 0 Å². The van der Waals surface area contributed by atoms with Crippen LogP contribution in [0, 0.1) is 5.92 Å². The molecular weight excluding hydrogens is 342 g/mol. The van der Waals surface area contributed by atoms with Gasteiger partial charge in [-0.3, -0.25) is 14.4 Å². The van der Waals surface area contributed by atoms with Crippen molar-refractivity contribution in [2.24, 2.45) is 5.92 Å². The first-order valence-electron chi connectivity index (χ1n) is 8.88. The molecule has 3 amide bonds. The average molecular weight is 367 g/mol. The molecule has 0 saturated heterocycles. The van der Waals surface area contributed by atoms with E-state index < -0.39 is 0 Å². The van der Waals surface area contributed by atoms with Crippen LogP contribution in [-0.4, -0.2) is 24.3 Å². The lowest BCUT2D eigenvalue weighted by atomic mass is 10.1. The number of anilines is 2. The molecule has 27 heavy (non-hydrogen) atoms. The van der Waals surface area contributed by atoms with Gasteiger partial charge in [-0.1, -0.05) is 26.0 Å². The van der Waals surface area contributed by atoms with Crippen molar-refractivity contribution >= 4 is 29.1 Å². The molecule has 0 aliphatic carbocycles. The number of amides is 3. The molecule has 142 valence electrons. The van der Waals surface area contributed by atoms with Crippen molar-refractivity contribution in [3.8, 4) is 0 Å². The molecule has 0 aliphatic heterocycles. The topological polar surface area (TPSA) is 87.3 Å². The molecule has 0 unspecified atom stereocenters. The third-order valence-corrected chi connectivity index (χ3v) is 3.74. The highest BCUT2D eigenvalue weighted by atomic mass is 16.2. The van der Waals surface area contributed by atoms with Crippen molar-refractivity contribution < 1.29 is 14.4 Å². The van der Waals surface area contributed by atoms with Crippen molar-refractivity contribution in [2.45, 2.75) is 27.2 Å². The third kappa shape index (κ3) is 6.93. The standard InChI is InChI=1S/C21H25N3O3/c1-14(2)13-22-21(27)17-6-10-19(11-7-17)24-20(26)12-16-4-8-18(9-5-16)23-15(3)25/h4-11,14H,12-13H2,1-3H3,(H,22,27)(H,23,25)(H,24,26). The maximum Gasteiger partial charge on any atom is 0.251 e. The zero-order valence-electron chi connectivity index (χ0n) is 15.8. The highest BCUT2D eigenvalue weighted by molar-refractivity contribution is 5.96. The van der Waals surface area contributed by atoms with Gasteiger partial charge < -0.3 is 16.0 Å². The molecule has 0 atom stereocenters. The van der Waals surface area contributed by atoms with E-state index in [0.29, 0.717) is 29.4 Å². The Morgan fingerprint density at radius 3 is 1.96 bits per heavy atom. The maximum atomic E-state index is 12.2. The highest BCUT2D eigenvalue weighted by Crippen LogP contribution is 2.13. The Hall–Kier alpha value is -3.15. The second-order valence-corrected chi connectivity index (χ2v) is 6.78. The van der Waals surface area contributed by atoms with Gasteiger partial charge in [-0.05, 0) is 47.9 Å². The summed E-state index contributed by atoms with van der Waals surface area (Å²) in [4.78, 5) is 35.2. The summed E-state index contributed by atoms with van der Waals surface area (Å²) in [5.41, 5.74) is 2.72. The van der Waals surface area contributed by atoms with Gasteiger partial charge in [0.05, 0.1) is 6.42 Å². The number of rotatable bonds is 7. The third-order valence-electron chi connectivity index (χ3n) is 3.74. The fourth-order valence-electron chi connectivity index (χ4n) is 2.40. The van der Waals surface area contributed by atoms with E-state index in [2.05, 4.69) is 16.0 Å². The Kier molecular flexibility index (Phi) is 7.11. The first kappa shape index (κ1) is 20.2. The van der Waals surface area contributed by atoms with E-state index in [1.54, 1.807) is 48.5 Å². The van der Waals surface area contributed by atoms with Crippen LogP contribution in [0.1, 0.15) is 36.7 Å². The van der Waals surface area contributed by atoms with Crippen LogP contribution in [0.2, 0.25) is 0 Å². The molecular formula is C21H25N3O3. The second-order valence-electron chi connectivity index (χ2n) is 6.78. The molecule has 0 radical (unpaired) electrons. The highest BCUT2D eigenvalue weighted by Gasteiger charge is 2.08. The molecule has 6 nitrogen and oxygen atoms in total. The van der Waals surface area contributed by atoms with Gasteiger partial charge in [-0.25, -0.2) is 0 Å². The van der Waals surface area contributed by atoms with E-state index in [1.165, 1.54) is 6.92 Å². The van der Waals surface area contributed by atoms with E-state index >= 15 is 0 Å². The molecule has 0 fully saturated rings. The van der Waals surface area contributed by atoms with Gasteiger partial charge in [0.15, 0.2) is 0 Å². The van der Waals surface area contributed by atoms with E-state index in [-0.39, 0.29) is 24.1 Å². The Morgan fingerprint density at radius 1 is 0.852 bits per heavy atom. The van der Waals surface area contributed by atoms with E-state index in [1.807, 2.05) is 13.8 Å². The van der Waals surface area contributed by atoms with Gasteiger partial charge in [0.2, 0.25) is 11.8 Å². The number of benzene rings is 2. The Morgan fingerprint density at radius 2 is 1.41 bits per heavy atom. The summed E-state index contributed by atoms with van der Waals surface area (Å²) < 4.78 is 0. The summed E-state index contributed by atoms with van der Waals surface area (Å²) in [5, 5.41) is 8.35. The molecule has 0 aliphatic rings. The lowest BCUT2D eigenvalue weighted by Gasteiger charge is -2.09. The summed E-state index contributed by atoms with van der Waals surface area (Å²) in [6.07, 6.45) is 0.219. The smallest absolute Gasteiger partial charge is 0.251 e. The van der Waals surface area contributed by atoms with Crippen LogP contribution >= 0.6 is 0 Å². The van der Waals surface area contributed by atoms with E-state index in [9.17, 15) is 14.4 Å². The molecule has 3 N–H and O–H groups in total. The molecule has 0 heterocycles. The van der Waals surface area contributed by atoms with Crippen LogP contribution in [0.25, 0.3) is 0 Å². The Balaban J connectivity index is 1.88. The minimum absolute atomic E-state index is 0.124. The molecule has 0 saturated carbocycles. The molecule has 0 spiro atoms. The van der Waals surface area contributed by atoms with Gasteiger partial charge in [0.25, 0.3) is 5.91 Å². The van der Waals surface area contributed by atoms with Crippen LogP contribution in [-0.2, 0) is 16.0 Å². The number of carbonyl (C=O) groups is 3. The number of hydrogen-bond donors (Lipinski definition) is 3. The van der Waals surface area contributed by atoms with Crippen molar-refractivity contribution in [2.75, 3.05) is 17.2 Å². The zero-order valence-corrected chi connectivity index (χ0v) is 15.8. The van der Waals surface area contributed by atoms with Crippen molar-refractivity contribution in [3.63, 3.8) is 0 Å². The maximum absolute atomic E-state index is 12.2. The molecule has 2 rings (SSSR count). The number of hydrogen-bond acceptors (Lipinski definition) is 3. The van der Waals surface area contributed by atoms with E-state index in [0.717, 1.165) is 5.56 Å². The van der Waals surface area contributed by atoms with Gasteiger partial charge >= 0.3 is 0 Å². The van der Waals surface area contributed by atoms with Gasteiger partial charge in [0.1, 0.15) is 0 Å². The summed E-state index contributed by atoms with van der Waals surface area (Å²) in [5.74, 6) is -0.0261. The minimum atomic E-state index is -0.153. The lowest BCUT2D eigenvalue weighted by molar-refractivity contribution is -0.116. The first-order chi connectivity index (χ1) is 12.8. The Bertz CT molecular complexity index is 796. The van der Waals surface area contributed by atoms with Crippen LogP contribution < -0.4 is 16.0 Å². The lowest BCUT2D eigenvalue weighted by Crippen LogP contribution is -2.27. The van der Waals surface area contributed by atoms with Crippen LogP contribution in [0.4, 0.5) is 11.4 Å². The fraction of sp³-hybridized carbons (Fsp3) is 0.286. The average Bonchev–Trinajstić information content (AvgIpc) is 2.61. The normalized spacial score (nSPS) is 10.4. The van der Waals surface area contributed by atoms with Gasteiger partial charge in [-0.15, -0.1) is 0 Å². The summed E-state index contributed by atoms with van der Waals surface area (Å²) >= 11 is 0. The van der Waals surface area contributed by atoms with Crippen LogP contribution in [0.5, 0.6) is 0 Å². The molecule has 0 aromatic heterocycles. The number of nitrogens with one attached hydrogen (secondary N) is 3. The van der Waals surface area contributed by atoms with E-state index in [4.69, 9.17) is 0 Å². The predicted molar refractivity (Wildman–Crippen MR) is 107 cm³/mol. The fourth-order valence-corrected chi connectivity index (χ4v) is 2.40. The predicted octanol–water partition coefficient (Wildman–Crippen LogP) is 3.21. The minimum Gasteiger partial charge on any atom is -0.352 e. The summed E-state index contributed by atoms with van der Waals surface area (Å²) in [7, 11) is 0. The second kappa shape index (κ2) is 9.52. The van der Waals surface area contributed by atoms with Crippen LogP contribution in [0.15, 0.2) is 48.5 Å². The summed E-state index contributed by atoms with van der Waals surface area (Å²) in [6.45, 7) is 6.14.